The molecule has 1 aliphatic heterocycles. The van der Waals surface area contributed by atoms with Crippen molar-refractivity contribution in [3.05, 3.63) is 24.0 Å². The molecule has 1 unspecified atom stereocenters. The van der Waals surface area contributed by atoms with Crippen molar-refractivity contribution in [3.63, 3.8) is 0 Å². The first-order valence-electron chi connectivity index (χ1n) is 6.15. The van der Waals surface area contributed by atoms with Gasteiger partial charge in [-0.1, -0.05) is 0 Å². The van der Waals surface area contributed by atoms with E-state index in [1.165, 1.54) is 12.5 Å². The Morgan fingerprint density at radius 1 is 1.41 bits per heavy atom. The van der Waals surface area contributed by atoms with Crippen LogP contribution in [0.1, 0.15) is 25.7 Å². The fourth-order valence-electron chi connectivity index (χ4n) is 2.48. The highest BCUT2D eigenvalue weighted by molar-refractivity contribution is 5.55. The molecule has 0 amide bonds. The number of benzene rings is 1. The number of halogens is 1. The molecule has 1 atom stereocenters. The Morgan fingerprint density at radius 3 is 2.94 bits per heavy atom. The number of aliphatic hydroxyl groups is 1. The molecular weight excluding hydrogens is 219 g/mol. The lowest BCUT2D eigenvalue weighted by Gasteiger charge is -2.37. The van der Waals surface area contributed by atoms with Crippen molar-refractivity contribution in [2.75, 3.05) is 23.8 Å². The van der Waals surface area contributed by atoms with Gasteiger partial charge >= 0.3 is 0 Å². The molecule has 0 spiro atoms. The molecule has 3 nitrogen and oxygen atoms in total. The van der Waals surface area contributed by atoms with Gasteiger partial charge in [0.2, 0.25) is 0 Å². The van der Waals surface area contributed by atoms with Crippen molar-refractivity contribution in [2.24, 2.45) is 0 Å². The lowest BCUT2D eigenvalue weighted by molar-refractivity contribution is 0.262. The molecule has 94 valence electrons. The molecule has 1 heterocycles. The van der Waals surface area contributed by atoms with Gasteiger partial charge in [-0.2, -0.15) is 0 Å². The Labute approximate surface area is 101 Å². The standard InChI is InChI=1S/C13H19FN2O/c14-12-9-11(4-5-13(12)15)16-7-2-1-3-10(16)6-8-17/h4-5,9-10,17H,1-3,6-8,15H2. The van der Waals surface area contributed by atoms with E-state index in [-0.39, 0.29) is 18.1 Å². The van der Waals surface area contributed by atoms with Crippen LogP contribution in [0, 0.1) is 5.82 Å². The number of piperidine rings is 1. The molecule has 1 aromatic carbocycles. The summed E-state index contributed by atoms with van der Waals surface area (Å²) in [6.45, 7) is 1.10. The summed E-state index contributed by atoms with van der Waals surface area (Å²) in [5.41, 5.74) is 6.53. The summed E-state index contributed by atoms with van der Waals surface area (Å²) in [5.74, 6) is -0.365. The second-order valence-electron chi connectivity index (χ2n) is 4.56. The topological polar surface area (TPSA) is 49.5 Å². The molecule has 0 radical (unpaired) electrons. The lowest BCUT2D eigenvalue weighted by atomic mass is 9.98. The van der Waals surface area contributed by atoms with Crippen molar-refractivity contribution >= 4 is 11.4 Å². The summed E-state index contributed by atoms with van der Waals surface area (Å²) < 4.78 is 13.4. The maximum absolute atomic E-state index is 13.4. The fraction of sp³-hybridized carbons (Fsp3) is 0.538. The van der Waals surface area contributed by atoms with E-state index in [2.05, 4.69) is 4.90 Å². The Hall–Kier alpha value is -1.29. The minimum absolute atomic E-state index is 0.179. The second kappa shape index (κ2) is 5.36. The number of rotatable bonds is 3. The highest BCUT2D eigenvalue weighted by Gasteiger charge is 2.22. The summed E-state index contributed by atoms with van der Waals surface area (Å²) in [7, 11) is 0. The molecular formula is C13H19FN2O. The number of aliphatic hydroxyl groups excluding tert-OH is 1. The van der Waals surface area contributed by atoms with Gasteiger partial charge in [-0.3, -0.25) is 0 Å². The van der Waals surface area contributed by atoms with E-state index >= 15 is 0 Å². The van der Waals surface area contributed by atoms with Gasteiger partial charge in [-0.05, 0) is 43.9 Å². The van der Waals surface area contributed by atoms with Gasteiger partial charge in [0.25, 0.3) is 0 Å². The van der Waals surface area contributed by atoms with Gasteiger partial charge in [0.05, 0.1) is 5.69 Å². The van der Waals surface area contributed by atoms with Crippen LogP contribution in [0.15, 0.2) is 18.2 Å². The first-order valence-corrected chi connectivity index (χ1v) is 6.15. The number of nitrogens with zero attached hydrogens (tertiary/aromatic N) is 1. The van der Waals surface area contributed by atoms with E-state index < -0.39 is 0 Å². The summed E-state index contributed by atoms with van der Waals surface area (Å²) in [6.07, 6.45) is 4.10. The average Bonchev–Trinajstić information content (AvgIpc) is 2.34. The largest absolute Gasteiger partial charge is 0.396 e. The van der Waals surface area contributed by atoms with Gasteiger partial charge in [0.1, 0.15) is 5.82 Å². The van der Waals surface area contributed by atoms with Crippen LogP contribution in [-0.4, -0.2) is 24.3 Å². The van der Waals surface area contributed by atoms with Crippen molar-refractivity contribution in [2.45, 2.75) is 31.7 Å². The first-order chi connectivity index (χ1) is 8.22. The molecule has 0 aromatic heterocycles. The third kappa shape index (κ3) is 2.69. The zero-order chi connectivity index (χ0) is 12.3. The molecule has 1 fully saturated rings. The average molecular weight is 238 g/mol. The van der Waals surface area contributed by atoms with Gasteiger partial charge in [0, 0.05) is 24.9 Å². The number of hydrogen-bond donors (Lipinski definition) is 2. The van der Waals surface area contributed by atoms with E-state index in [0.29, 0.717) is 6.04 Å². The molecule has 3 N–H and O–H groups in total. The summed E-state index contributed by atoms with van der Waals surface area (Å²) >= 11 is 0. The number of nitrogen functional groups attached to an aromatic ring is 1. The minimum atomic E-state index is -0.365. The summed E-state index contributed by atoms with van der Waals surface area (Å²) in [4.78, 5) is 2.18. The van der Waals surface area contributed by atoms with Crippen LogP contribution in [0.3, 0.4) is 0 Å². The molecule has 1 saturated heterocycles. The SMILES string of the molecule is Nc1ccc(N2CCCCC2CCO)cc1F. The molecule has 0 aliphatic carbocycles. The predicted octanol–water partition coefficient (Wildman–Crippen LogP) is 2.15. The zero-order valence-corrected chi connectivity index (χ0v) is 9.90. The quantitative estimate of drug-likeness (QED) is 0.793. The van der Waals surface area contributed by atoms with E-state index in [1.54, 1.807) is 6.07 Å². The maximum atomic E-state index is 13.4. The van der Waals surface area contributed by atoms with E-state index in [1.807, 2.05) is 6.07 Å². The Morgan fingerprint density at radius 2 is 2.24 bits per heavy atom. The van der Waals surface area contributed by atoms with Crippen molar-refractivity contribution < 1.29 is 9.50 Å². The highest BCUT2D eigenvalue weighted by atomic mass is 19.1. The van der Waals surface area contributed by atoms with Gasteiger partial charge in [-0.15, -0.1) is 0 Å². The van der Waals surface area contributed by atoms with E-state index in [9.17, 15) is 4.39 Å². The fourth-order valence-corrected chi connectivity index (χ4v) is 2.48. The molecule has 1 aromatic rings. The third-order valence-electron chi connectivity index (χ3n) is 3.41. The normalized spacial score (nSPS) is 20.6. The predicted molar refractivity (Wildman–Crippen MR) is 67.5 cm³/mol. The van der Waals surface area contributed by atoms with E-state index in [0.717, 1.165) is 31.5 Å². The summed E-state index contributed by atoms with van der Waals surface area (Å²) in [6, 6.07) is 5.27. The van der Waals surface area contributed by atoms with Crippen LogP contribution in [0.4, 0.5) is 15.8 Å². The monoisotopic (exact) mass is 238 g/mol. The van der Waals surface area contributed by atoms with Crippen molar-refractivity contribution in [3.8, 4) is 0 Å². The molecule has 0 bridgehead atoms. The van der Waals surface area contributed by atoms with Crippen LogP contribution >= 0.6 is 0 Å². The highest BCUT2D eigenvalue weighted by Crippen LogP contribution is 2.28. The van der Waals surface area contributed by atoms with E-state index in [4.69, 9.17) is 10.8 Å². The van der Waals surface area contributed by atoms with Gasteiger partial charge in [-0.25, -0.2) is 4.39 Å². The zero-order valence-electron chi connectivity index (χ0n) is 9.90. The lowest BCUT2D eigenvalue weighted by Crippen LogP contribution is -2.40. The molecule has 1 aliphatic rings. The Balaban J connectivity index is 2.20. The molecule has 0 saturated carbocycles. The number of nitrogens with two attached hydrogens (primary N) is 1. The maximum Gasteiger partial charge on any atom is 0.148 e. The molecule has 2 rings (SSSR count). The van der Waals surface area contributed by atoms with Crippen LogP contribution in [0.2, 0.25) is 0 Å². The molecule has 4 heteroatoms. The number of hydrogen-bond acceptors (Lipinski definition) is 3. The van der Waals surface area contributed by atoms with Crippen molar-refractivity contribution in [1.29, 1.82) is 0 Å². The third-order valence-corrected chi connectivity index (χ3v) is 3.41. The second-order valence-corrected chi connectivity index (χ2v) is 4.56. The van der Waals surface area contributed by atoms with Gasteiger partial charge in [0.15, 0.2) is 0 Å². The van der Waals surface area contributed by atoms with Crippen LogP contribution in [0.25, 0.3) is 0 Å². The molecule has 17 heavy (non-hydrogen) atoms. The first kappa shape index (κ1) is 12.2. The smallest absolute Gasteiger partial charge is 0.148 e. The number of anilines is 2. The summed E-state index contributed by atoms with van der Waals surface area (Å²) in [5, 5.41) is 9.06. The minimum Gasteiger partial charge on any atom is -0.396 e. The van der Waals surface area contributed by atoms with Gasteiger partial charge < -0.3 is 15.7 Å². The van der Waals surface area contributed by atoms with Crippen LogP contribution in [0.5, 0.6) is 0 Å². The Bertz CT molecular complexity index is 382. The van der Waals surface area contributed by atoms with Crippen molar-refractivity contribution in [1.82, 2.24) is 0 Å². The van der Waals surface area contributed by atoms with Crippen LogP contribution in [-0.2, 0) is 0 Å². The van der Waals surface area contributed by atoms with Crippen LogP contribution < -0.4 is 10.6 Å². The Kier molecular flexibility index (Phi) is 3.84.